The smallest absolute Gasteiger partial charge is 0.269 e. The molecule has 0 aliphatic carbocycles. The Balaban J connectivity index is 1.81. The van der Waals surface area contributed by atoms with E-state index in [1.54, 1.807) is 35.7 Å². The van der Waals surface area contributed by atoms with Crippen molar-refractivity contribution >= 4 is 17.2 Å². The van der Waals surface area contributed by atoms with Gasteiger partial charge in [0, 0.05) is 12.7 Å². The van der Waals surface area contributed by atoms with Crippen molar-refractivity contribution in [3.8, 4) is 0 Å². The molecule has 16 heavy (non-hydrogen) atoms. The van der Waals surface area contributed by atoms with Crippen LogP contribution in [-0.4, -0.2) is 17.4 Å². The number of carbonyl (C=O) groups excluding carboxylic acids is 1. The first kappa shape index (κ1) is 10.8. The number of nitrogens with zero attached hydrogens (tertiary/aromatic N) is 1. The van der Waals surface area contributed by atoms with Gasteiger partial charge in [0.2, 0.25) is 0 Å². The van der Waals surface area contributed by atoms with Crippen molar-refractivity contribution in [1.29, 1.82) is 0 Å². The largest absolute Gasteiger partial charge is 0.350 e. The Morgan fingerprint density at radius 1 is 1.38 bits per heavy atom. The summed E-state index contributed by atoms with van der Waals surface area (Å²) < 4.78 is 0. The van der Waals surface area contributed by atoms with Crippen LogP contribution >= 0.6 is 11.3 Å². The molecule has 4 heteroatoms. The number of pyridine rings is 1. The molecule has 0 aliphatic heterocycles. The topological polar surface area (TPSA) is 42.0 Å². The number of nitrogens with one attached hydrogen (secondary N) is 1. The summed E-state index contributed by atoms with van der Waals surface area (Å²) in [6, 6.07) is 7.38. The van der Waals surface area contributed by atoms with Crippen LogP contribution in [-0.2, 0) is 6.42 Å². The Labute approximate surface area is 98.2 Å². The molecule has 2 aromatic heterocycles. The van der Waals surface area contributed by atoms with E-state index in [0.717, 1.165) is 6.42 Å². The second-order valence-electron chi connectivity index (χ2n) is 3.35. The first-order chi connectivity index (χ1) is 7.86. The lowest BCUT2D eigenvalue weighted by Crippen LogP contribution is -2.26. The minimum absolute atomic E-state index is 0.115. The predicted octanol–water partition coefficient (Wildman–Crippen LogP) is 2.12. The van der Waals surface area contributed by atoms with Gasteiger partial charge in [-0.3, -0.25) is 9.78 Å². The van der Waals surface area contributed by atoms with Gasteiger partial charge < -0.3 is 5.32 Å². The maximum absolute atomic E-state index is 11.6. The lowest BCUT2D eigenvalue weighted by Gasteiger charge is -2.03. The highest BCUT2D eigenvalue weighted by Crippen LogP contribution is 2.05. The van der Waals surface area contributed by atoms with Crippen LogP contribution in [0, 0.1) is 0 Å². The Morgan fingerprint density at radius 3 is 3.00 bits per heavy atom. The van der Waals surface area contributed by atoms with Crippen molar-refractivity contribution in [3.05, 3.63) is 52.5 Å². The molecule has 1 N–H and O–H groups in total. The summed E-state index contributed by atoms with van der Waals surface area (Å²) >= 11 is 1.67. The van der Waals surface area contributed by atoms with Gasteiger partial charge in [0.25, 0.3) is 5.91 Å². The molecule has 0 fully saturated rings. The van der Waals surface area contributed by atoms with E-state index in [2.05, 4.69) is 21.7 Å². The summed E-state index contributed by atoms with van der Waals surface area (Å²) in [5.74, 6) is -0.115. The Kier molecular flexibility index (Phi) is 3.66. The average molecular weight is 232 g/mol. The van der Waals surface area contributed by atoms with E-state index in [1.807, 2.05) is 5.38 Å². The third-order valence-corrected chi connectivity index (χ3v) is 2.91. The Hall–Kier alpha value is -1.68. The molecule has 0 radical (unpaired) electrons. The minimum atomic E-state index is -0.115. The van der Waals surface area contributed by atoms with E-state index in [4.69, 9.17) is 0 Å². The molecule has 0 spiro atoms. The van der Waals surface area contributed by atoms with Gasteiger partial charge >= 0.3 is 0 Å². The predicted molar refractivity (Wildman–Crippen MR) is 64.6 cm³/mol. The van der Waals surface area contributed by atoms with Crippen molar-refractivity contribution in [2.24, 2.45) is 0 Å². The molecule has 0 aromatic carbocycles. The number of aromatic nitrogens is 1. The molecule has 3 nitrogen and oxygen atoms in total. The number of hydrogen-bond acceptors (Lipinski definition) is 3. The molecule has 0 bridgehead atoms. The zero-order chi connectivity index (χ0) is 11.2. The van der Waals surface area contributed by atoms with Crippen molar-refractivity contribution < 1.29 is 4.79 Å². The standard InChI is InChI=1S/C12H12N2OS/c15-12(11-3-1-2-6-13-11)14-7-4-10-5-8-16-9-10/h1-3,5-6,8-9H,4,7H2,(H,14,15). The van der Waals surface area contributed by atoms with E-state index in [0.29, 0.717) is 12.2 Å². The van der Waals surface area contributed by atoms with E-state index >= 15 is 0 Å². The van der Waals surface area contributed by atoms with Crippen molar-refractivity contribution in [3.63, 3.8) is 0 Å². The van der Waals surface area contributed by atoms with Crippen molar-refractivity contribution in [2.75, 3.05) is 6.54 Å². The normalized spacial score (nSPS) is 10.0. The molecule has 0 atom stereocenters. The maximum Gasteiger partial charge on any atom is 0.269 e. The first-order valence-electron chi connectivity index (χ1n) is 5.06. The summed E-state index contributed by atoms with van der Waals surface area (Å²) in [4.78, 5) is 15.6. The molecule has 82 valence electrons. The van der Waals surface area contributed by atoms with Crippen molar-refractivity contribution in [1.82, 2.24) is 10.3 Å². The van der Waals surface area contributed by atoms with E-state index in [-0.39, 0.29) is 5.91 Å². The molecule has 0 aliphatic rings. The van der Waals surface area contributed by atoms with Crippen molar-refractivity contribution in [2.45, 2.75) is 6.42 Å². The Bertz CT molecular complexity index is 439. The Morgan fingerprint density at radius 2 is 2.31 bits per heavy atom. The highest BCUT2D eigenvalue weighted by Gasteiger charge is 2.04. The van der Waals surface area contributed by atoms with Gasteiger partial charge in [0.15, 0.2) is 0 Å². The molecule has 2 aromatic rings. The number of thiophene rings is 1. The van der Waals surface area contributed by atoms with Crippen LogP contribution in [0.2, 0.25) is 0 Å². The van der Waals surface area contributed by atoms with Gasteiger partial charge in [-0.15, -0.1) is 0 Å². The minimum Gasteiger partial charge on any atom is -0.350 e. The van der Waals surface area contributed by atoms with Crippen LogP contribution in [0.5, 0.6) is 0 Å². The molecule has 0 unspecified atom stereocenters. The lowest BCUT2D eigenvalue weighted by molar-refractivity contribution is 0.0949. The van der Waals surface area contributed by atoms with Gasteiger partial charge in [-0.1, -0.05) is 6.07 Å². The fourth-order valence-corrected chi connectivity index (χ4v) is 2.05. The van der Waals surface area contributed by atoms with E-state index < -0.39 is 0 Å². The summed E-state index contributed by atoms with van der Waals surface area (Å²) in [5.41, 5.74) is 1.72. The van der Waals surface area contributed by atoms with Crippen LogP contribution in [0.15, 0.2) is 41.2 Å². The zero-order valence-electron chi connectivity index (χ0n) is 8.72. The molecule has 2 heterocycles. The zero-order valence-corrected chi connectivity index (χ0v) is 9.54. The molecule has 2 rings (SSSR count). The monoisotopic (exact) mass is 232 g/mol. The van der Waals surface area contributed by atoms with Gasteiger partial charge in [0.1, 0.15) is 5.69 Å². The van der Waals surface area contributed by atoms with Crippen LogP contribution in [0.25, 0.3) is 0 Å². The molecule has 0 saturated heterocycles. The van der Waals surface area contributed by atoms with Gasteiger partial charge in [0.05, 0.1) is 0 Å². The lowest BCUT2D eigenvalue weighted by atomic mass is 10.2. The quantitative estimate of drug-likeness (QED) is 0.877. The molecule has 0 saturated carbocycles. The summed E-state index contributed by atoms with van der Waals surface area (Å²) in [7, 11) is 0. The van der Waals surface area contributed by atoms with E-state index in [9.17, 15) is 4.79 Å². The maximum atomic E-state index is 11.6. The third kappa shape index (κ3) is 2.90. The van der Waals surface area contributed by atoms with Crippen LogP contribution in [0.3, 0.4) is 0 Å². The number of hydrogen-bond donors (Lipinski definition) is 1. The second-order valence-corrected chi connectivity index (χ2v) is 4.13. The van der Waals surface area contributed by atoms with Crippen LogP contribution in [0.4, 0.5) is 0 Å². The number of rotatable bonds is 4. The summed E-state index contributed by atoms with van der Waals surface area (Å²) in [6.07, 6.45) is 2.48. The van der Waals surface area contributed by atoms with Gasteiger partial charge in [-0.05, 0) is 40.9 Å². The fourth-order valence-electron chi connectivity index (χ4n) is 1.34. The summed E-state index contributed by atoms with van der Waals surface area (Å²) in [6.45, 7) is 0.645. The van der Waals surface area contributed by atoms with E-state index in [1.165, 1.54) is 5.56 Å². The highest BCUT2D eigenvalue weighted by molar-refractivity contribution is 7.07. The molecular weight excluding hydrogens is 220 g/mol. The first-order valence-corrected chi connectivity index (χ1v) is 6.01. The number of amides is 1. The SMILES string of the molecule is O=C(NCCc1ccsc1)c1ccccn1. The van der Waals surface area contributed by atoms with Crippen LogP contribution in [0.1, 0.15) is 16.1 Å². The average Bonchev–Trinajstić information content (AvgIpc) is 2.83. The fraction of sp³-hybridized carbons (Fsp3) is 0.167. The second kappa shape index (κ2) is 5.42. The highest BCUT2D eigenvalue weighted by atomic mass is 32.1. The number of carbonyl (C=O) groups is 1. The summed E-state index contributed by atoms with van der Waals surface area (Å²) in [5, 5.41) is 6.97. The molecular formula is C12H12N2OS. The third-order valence-electron chi connectivity index (χ3n) is 2.18. The molecule has 1 amide bonds. The van der Waals surface area contributed by atoms with Crippen LogP contribution < -0.4 is 5.32 Å². The van der Waals surface area contributed by atoms with Gasteiger partial charge in [-0.2, -0.15) is 11.3 Å². The van der Waals surface area contributed by atoms with Gasteiger partial charge in [-0.25, -0.2) is 0 Å².